The van der Waals surface area contributed by atoms with Gasteiger partial charge in [-0.05, 0) is 47.1 Å². The van der Waals surface area contributed by atoms with Gasteiger partial charge in [-0.25, -0.2) is 9.97 Å². The van der Waals surface area contributed by atoms with E-state index in [4.69, 9.17) is 0 Å². The van der Waals surface area contributed by atoms with Gasteiger partial charge in [0.1, 0.15) is 10.7 Å². The molecular weight excluding hydrogens is 324 g/mol. The van der Waals surface area contributed by atoms with Gasteiger partial charge in [-0.2, -0.15) is 0 Å². The van der Waals surface area contributed by atoms with E-state index in [2.05, 4.69) is 15.3 Å². The summed E-state index contributed by atoms with van der Waals surface area (Å²) in [5, 5.41) is 3.76. The Morgan fingerprint density at radius 3 is 2.46 bits per heavy atom. The summed E-state index contributed by atoms with van der Waals surface area (Å²) >= 11 is 1.37. The fourth-order valence-electron chi connectivity index (χ4n) is 2.69. The predicted octanol–water partition coefficient (Wildman–Crippen LogP) is 2.60. The summed E-state index contributed by atoms with van der Waals surface area (Å²) in [6, 6.07) is 0.0540. The molecule has 0 saturated heterocycles. The van der Waals surface area contributed by atoms with Gasteiger partial charge in [-0.15, -0.1) is 11.3 Å². The van der Waals surface area contributed by atoms with Crippen LogP contribution in [0.1, 0.15) is 47.5 Å². The normalized spacial score (nSPS) is 11.1. The van der Waals surface area contributed by atoms with Crippen molar-refractivity contribution in [1.82, 2.24) is 20.2 Å². The van der Waals surface area contributed by atoms with Crippen molar-refractivity contribution in [2.24, 2.45) is 0 Å². The number of likely N-dealkylation sites (N-methyl/N-ethyl adjacent to an activating group) is 1. The Morgan fingerprint density at radius 1 is 1.21 bits per heavy atom. The molecular formula is C17H24N4O2S. The van der Waals surface area contributed by atoms with Gasteiger partial charge >= 0.3 is 0 Å². The summed E-state index contributed by atoms with van der Waals surface area (Å²) in [7, 11) is 0. The van der Waals surface area contributed by atoms with Gasteiger partial charge < -0.3 is 10.2 Å². The lowest BCUT2D eigenvalue weighted by Crippen LogP contribution is -2.42. The van der Waals surface area contributed by atoms with Gasteiger partial charge in [0.25, 0.3) is 5.91 Å². The third kappa shape index (κ3) is 3.72. The zero-order valence-corrected chi connectivity index (χ0v) is 15.9. The van der Waals surface area contributed by atoms with Gasteiger partial charge in [0.2, 0.25) is 5.91 Å². The van der Waals surface area contributed by atoms with Crippen LogP contribution in [0, 0.1) is 20.8 Å². The molecule has 2 rings (SSSR count). The number of nitrogens with zero attached hydrogens (tertiary/aromatic N) is 3. The lowest BCUT2D eigenvalue weighted by atomic mass is 10.1. The molecule has 0 atom stereocenters. The molecule has 0 aliphatic carbocycles. The second kappa shape index (κ2) is 7.25. The summed E-state index contributed by atoms with van der Waals surface area (Å²) in [6.45, 7) is 11.9. The monoisotopic (exact) mass is 348 g/mol. The van der Waals surface area contributed by atoms with E-state index in [1.54, 1.807) is 4.90 Å². The van der Waals surface area contributed by atoms with Crippen LogP contribution in [-0.4, -0.2) is 45.8 Å². The first kappa shape index (κ1) is 18.3. The summed E-state index contributed by atoms with van der Waals surface area (Å²) in [4.78, 5) is 36.7. The molecule has 2 aromatic rings. The Kier molecular flexibility index (Phi) is 5.54. The average molecular weight is 348 g/mol. The van der Waals surface area contributed by atoms with E-state index in [9.17, 15) is 9.59 Å². The number of thiophene rings is 1. The molecule has 0 radical (unpaired) electrons. The lowest BCUT2D eigenvalue weighted by Gasteiger charge is -2.20. The van der Waals surface area contributed by atoms with E-state index in [0.717, 1.165) is 21.5 Å². The summed E-state index contributed by atoms with van der Waals surface area (Å²) in [6.07, 6.45) is 0. The van der Waals surface area contributed by atoms with Gasteiger partial charge in [0, 0.05) is 23.7 Å². The van der Waals surface area contributed by atoms with E-state index < -0.39 is 0 Å². The second-order valence-corrected chi connectivity index (χ2v) is 7.13. The van der Waals surface area contributed by atoms with Gasteiger partial charge in [-0.1, -0.05) is 0 Å². The van der Waals surface area contributed by atoms with E-state index in [1.807, 2.05) is 41.5 Å². The molecule has 7 heteroatoms. The maximum absolute atomic E-state index is 12.9. The Balaban J connectivity index is 2.34. The van der Waals surface area contributed by atoms with Crippen LogP contribution in [0.5, 0.6) is 0 Å². The van der Waals surface area contributed by atoms with E-state index >= 15 is 0 Å². The zero-order valence-electron chi connectivity index (χ0n) is 15.1. The molecule has 0 aliphatic heterocycles. The number of rotatable bonds is 5. The molecule has 2 heterocycles. The number of carbonyl (C=O) groups excluding carboxylic acids is 2. The van der Waals surface area contributed by atoms with Gasteiger partial charge in [-0.3, -0.25) is 9.59 Å². The maximum Gasteiger partial charge on any atom is 0.264 e. The molecule has 0 aromatic carbocycles. The van der Waals surface area contributed by atoms with Crippen LogP contribution in [-0.2, 0) is 4.79 Å². The van der Waals surface area contributed by atoms with Crippen LogP contribution in [0.2, 0.25) is 0 Å². The Labute approximate surface area is 146 Å². The van der Waals surface area contributed by atoms with Crippen molar-refractivity contribution >= 4 is 33.4 Å². The number of amides is 2. The Hall–Kier alpha value is -2.02. The summed E-state index contributed by atoms with van der Waals surface area (Å²) in [5.74, 6) is 0.420. The largest absolute Gasteiger partial charge is 0.352 e. The first-order valence-corrected chi connectivity index (χ1v) is 8.89. The second-order valence-electron chi connectivity index (χ2n) is 6.13. The zero-order chi connectivity index (χ0) is 18.0. The highest BCUT2D eigenvalue weighted by Crippen LogP contribution is 2.32. The molecule has 1 N–H and O–H groups in total. The highest BCUT2D eigenvalue weighted by Gasteiger charge is 2.24. The number of aryl methyl sites for hydroxylation is 3. The van der Waals surface area contributed by atoms with Crippen molar-refractivity contribution in [2.45, 2.75) is 47.6 Å². The summed E-state index contributed by atoms with van der Waals surface area (Å²) < 4.78 is 0. The molecule has 6 nitrogen and oxygen atoms in total. The molecule has 0 unspecified atom stereocenters. The van der Waals surface area contributed by atoms with Crippen molar-refractivity contribution < 1.29 is 9.59 Å². The van der Waals surface area contributed by atoms with Crippen LogP contribution < -0.4 is 5.32 Å². The van der Waals surface area contributed by atoms with Crippen molar-refractivity contribution in [1.29, 1.82) is 0 Å². The van der Waals surface area contributed by atoms with Gasteiger partial charge in [0.15, 0.2) is 0 Å². The third-order valence-corrected chi connectivity index (χ3v) is 4.90. The quantitative estimate of drug-likeness (QED) is 0.901. The molecule has 2 amide bonds. The highest BCUT2D eigenvalue weighted by molar-refractivity contribution is 7.20. The molecule has 0 saturated carbocycles. The van der Waals surface area contributed by atoms with Crippen molar-refractivity contribution in [3.63, 3.8) is 0 Å². The smallest absolute Gasteiger partial charge is 0.264 e. The number of nitrogens with one attached hydrogen (secondary N) is 1. The number of carbonyl (C=O) groups is 2. The maximum atomic E-state index is 12.9. The first-order valence-electron chi connectivity index (χ1n) is 8.07. The van der Waals surface area contributed by atoms with Crippen LogP contribution in [0.15, 0.2) is 0 Å². The minimum Gasteiger partial charge on any atom is -0.352 e. The van der Waals surface area contributed by atoms with Crippen LogP contribution in [0.25, 0.3) is 10.2 Å². The molecule has 0 fully saturated rings. The highest BCUT2D eigenvalue weighted by atomic mass is 32.1. The minimum absolute atomic E-state index is 0.0540. The van der Waals surface area contributed by atoms with Gasteiger partial charge in [0.05, 0.1) is 11.4 Å². The SMILES string of the molecule is CCN(CC(=O)NC(C)C)C(=O)c1sc2nc(C)nc(C)c2c1C. The van der Waals surface area contributed by atoms with Crippen LogP contribution >= 0.6 is 11.3 Å². The number of hydrogen-bond acceptors (Lipinski definition) is 5. The average Bonchev–Trinajstić information content (AvgIpc) is 2.80. The molecule has 2 aromatic heterocycles. The molecule has 0 bridgehead atoms. The molecule has 130 valence electrons. The van der Waals surface area contributed by atoms with Crippen molar-refractivity contribution in [3.05, 3.63) is 22.0 Å². The predicted molar refractivity (Wildman–Crippen MR) is 96.5 cm³/mol. The fraction of sp³-hybridized carbons (Fsp3) is 0.529. The lowest BCUT2D eigenvalue weighted by molar-refractivity contribution is -0.122. The van der Waals surface area contributed by atoms with Crippen LogP contribution in [0.3, 0.4) is 0 Å². The van der Waals surface area contributed by atoms with E-state index in [0.29, 0.717) is 17.2 Å². The third-order valence-electron chi connectivity index (χ3n) is 3.73. The topological polar surface area (TPSA) is 75.2 Å². The molecule has 24 heavy (non-hydrogen) atoms. The molecule has 0 spiro atoms. The Bertz CT molecular complexity index is 782. The van der Waals surface area contributed by atoms with E-state index in [1.165, 1.54) is 11.3 Å². The number of fused-ring (bicyclic) bond motifs is 1. The van der Waals surface area contributed by atoms with Crippen molar-refractivity contribution in [3.8, 4) is 0 Å². The van der Waals surface area contributed by atoms with Crippen LogP contribution in [0.4, 0.5) is 0 Å². The standard InChI is InChI=1S/C17H24N4O2S/c1-7-21(8-13(22)18-9(2)3)17(23)15-10(4)14-11(5)19-12(6)20-16(14)24-15/h9H,7-8H2,1-6H3,(H,18,22). The van der Waals surface area contributed by atoms with Crippen molar-refractivity contribution in [2.75, 3.05) is 13.1 Å². The number of hydrogen-bond donors (Lipinski definition) is 1. The number of aromatic nitrogens is 2. The molecule has 0 aliphatic rings. The Morgan fingerprint density at radius 2 is 1.88 bits per heavy atom. The summed E-state index contributed by atoms with van der Waals surface area (Å²) in [5.41, 5.74) is 1.77. The minimum atomic E-state index is -0.147. The first-order chi connectivity index (χ1) is 11.2. The fourth-order valence-corrected chi connectivity index (χ4v) is 3.93. The van der Waals surface area contributed by atoms with E-state index in [-0.39, 0.29) is 24.4 Å².